The lowest BCUT2D eigenvalue weighted by molar-refractivity contribution is -0.149. The Morgan fingerprint density at radius 2 is 2.18 bits per heavy atom. The van der Waals surface area contributed by atoms with E-state index < -0.39 is 29.9 Å². The number of carboxylic acids is 1. The molecule has 0 aromatic heterocycles. The molecule has 1 saturated carbocycles. The van der Waals surface area contributed by atoms with Crippen molar-refractivity contribution >= 4 is 24.0 Å². The maximum Gasteiger partial charge on any atom is 0.303 e. The summed E-state index contributed by atoms with van der Waals surface area (Å²) in [7, 11) is 0. The fraction of sp³-hybridized carbons (Fsp3) is 0.636. The van der Waals surface area contributed by atoms with Crippen molar-refractivity contribution in [1.82, 2.24) is 0 Å². The topological polar surface area (TPSA) is 97.7 Å². The van der Waals surface area contributed by atoms with Gasteiger partial charge in [-0.3, -0.25) is 14.4 Å². The molecule has 6 nitrogen and oxygen atoms in total. The summed E-state index contributed by atoms with van der Waals surface area (Å²) in [5.74, 6) is -3.14. The zero-order valence-electron chi connectivity index (χ0n) is 9.42. The van der Waals surface area contributed by atoms with Crippen LogP contribution in [0.3, 0.4) is 0 Å². The number of carboxylic acid groups (broad SMARTS) is 1. The minimum absolute atomic E-state index is 0.00667. The summed E-state index contributed by atoms with van der Waals surface area (Å²) < 4.78 is 4.88. The van der Waals surface area contributed by atoms with Crippen LogP contribution in [0.2, 0.25) is 0 Å². The van der Waals surface area contributed by atoms with E-state index in [4.69, 9.17) is 9.84 Å². The number of aldehydes is 1. The van der Waals surface area contributed by atoms with Crippen LogP contribution in [0.15, 0.2) is 0 Å². The molecule has 0 radical (unpaired) electrons. The first-order chi connectivity index (χ1) is 7.95. The Labute approximate surface area is 97.9 Å². The molecule has 1 aliphatic rings. The van der Waals surface area contributed by atoms with Crippen LogP contribution in [0.5, 0.6) is 0 Å². The third-order valence-electron chi connectivity index (χ3n) is 2.85. The van der Waals surface area contributed by atoms with Crippen molar-refractivity contribution in [3.63, 3.8) is 0 Å². The molecule has 0 aromatic carbocycles. The molecule has 1 aliphatic carbocycles. The molecule has 1 fully saturated rings. The molecular formula is C11H14O6. The number of carbonyl (C=O) groups is 4. The zero-order valence-corrected chi connectivity index (χ0v) is 9.42. The normalized spacial score (nSPS) is 27.8. The number of ketones is 1. The Hall–Kier alpha value is -1.72. The van der Waals surface area contributed by atoms with Crippen molar-refractivity contribution in [1.29, 1.82) is 0 Å². The monoisotopic (exact) mass is 242 g/mol. The van der Waals surface area contributed by atoms with Crippen molar-refractivity contribution in [2.75, 3.05) is 0 Å². The Kier molecular flexibility index (Phi) is 4.37. The molecule has 3 atom stereocenters. The predicted octanol–water partition coefficient (Wildman–Crippen LogP) is 0.187. The minimum atomic E-state index is -1.02. The van der Waals surface area contributed by atoms with Gasteiger partial charge in [0, 0.05) is 25.7 Å². The molecule has 0 aromatic rings. The summed E-state index contributed by atoms with van der Waals surface area (Å²) in [6, 6.07) is 0. The van der Waals surface area contributed by atoms with Crippen LogP contribution < -0.4 is 0 Å². The number of hydrogen-bond acceptors (Lipinski definition) is 5. The second-order valence-electron chi connectivity index (χ2n) is 4.07. The van der Waals surface area contributed by atoms with E-state index >= 15 is 0 Å². The molecule has 17 heavy (non-hydrogen) atoms. The van der Waals surface area contributed by atoms with Gasteiger partial charge in [-0.2, -0.15) is 0 Å². The maximum atomic E-state index is 11.6. The number of esters is 1. The average molecular weight is 242 g/mol. The number of aliphatic carboxylic acids is 1. The van der Waals surface area contributed by atoms with Crippen LogP contribution in [-0.4, -0.2) is 35.2 Å². The van der Waals surface area contributed by atoms with Crippen LogP contribution in [-0.2, 0) is 23.9 Å². The molecular weight excluding hydrogens is 228 g/mol. The Bertz CT molecular complexity index is 348. The van der Waals surface area contributed by atoms with Crippen LogP contribution >= 0.6 is 0 Å². The maximum absolute atomic E-state index is 11.6. The first kappa shape index (κ1) is 13.3. The van der Waals surface area contributed by atoms with Crippen molar-refractivity contribution in [3.8, 4) is 0 Å². The number of hydrogen-bond donors (Lipinski definition) is 1. The van der Waals surface area contributed by atoms with Gasteiger partial charge in [0.25, 0.3) is 0 Å². The van der Waals surface area contributed by atoms with Gasteiger partial charge in [0.15, 0.2) is 0 Å². The molecule has 0 unspecified atom stereocenters. The quantitative estimate of drug-likeness (QED) is 0.545. The van der Waals surface area contributed by atoms with Gasteiger partial charge < -0.3 is 14.6 Å². The standard InChI is InChI=1S/C11H14O6/c1-6(13)17-10-4-9(14)7(8(10)5-12)2-3-11(15)16/h5,7-8,10H,2-4H2,1H3,(H,15,16)/t7-,8-,10-/m0/s1. The molecule has 0 aliphatic heterocycles. The molecule has 1 rings (SSSR count). The highest BCUT2D eigenvalue weighted by atomic mass is 16.5. The largest absolute Gasteiger partial charge is 0.481 e. The van der Waals surface area contributed by atoms with Crippen LogP contribution in [0.4, 0.5) is 0 Å². The second-order valence-corrected chi connectivity index (χ2v) is 4.07. The van der Waals surface area contributed by atoms with Gasteiger partial charge in [0.1, 0.15) is 18.2 Å². The van der Waals surface area contributed by atoms with Crippen LogP contribution in [0.25, 0.3) is 0 Å². The molecule has 6 heteroatoms. The summed E-state index contributed by atoms with van der Waals surface area (Å²) in [5, 5.41) is 8.55. The second kappa shape index (κ2) is 5.56. The van der Waals surface area contributed by atoms with Crippen molar-refractivity contribution in [2.45, 2.75) is 32.3 Å². The number of carbonyl (C=O) groups excluding carboxylic acids is 3. The van der Waals surface area contributed by atoms with Gasteiger partial charge >= 0.3 is 11.9 Å². The molecule has 94 valence electrons. The van der Waals surface area contributed by atoms with Gasteiger partial charge in [-0.25, -0.2) is 0 Å². The SMILES string of the molecule is CC(=O)O[C@H]1CC(=O)[C@@H](CCC(=O)O)[C@@H]1C=O. The van der Waals surface area contributed by atoms with Gasteiger partial charge in [-0.1, -0.05) is 0 Å². The average Bonchev–Trinajstić information content (AvgIpc) is 2.49. The Balaban J connectivity index is 2.69. The van der Waals surface area contributed by atoms with E-state index in [1.165, 1.54) is 6.92 Å². The first-order valence-electron chi connectivity index (χ1n) is 5.32. The summed E-state index contributed by atoms with van der Waals surface area (Å²) in [5.41, 5.74) is 0. The lowest BCUT2D eigenvalue weighted by atomic mass is 9.91. The van der Waals surface area contributed by atoms with Gasteiger partial charge in [-0.15, -0.1) is 0 Å². The van der Waals surface area contributed by atoms with Gasteiger partial charge in [-0.05, 0) is 6.42 Å². The van der Waals surface area contributed by atoms with E-state index in [-0.39, 0.29) is 25.0 Å². The summed E-state index contributed by atoms with van der Waals surface area (Å²) >= 11 is 0. The number of Topliss-reactive ketones (excluding diaryl/α,β-unsaturated/α-hetero) is 1. The van der Waals surface area contributed by atoms with Crippen LogP contribution in [0, 0.1) is 11.8 Å². The Morgan fingerprint density at radius 3 is 2.65 bits per heavy atom. The van der Waals surface area contributed by atoms with Crippen molar-refractivity contribution in [2.24, 2.45) is 11.8 Å². The van der Waals surface area contributed by atoms with Crippen LogP contribution in [0.1, 0.15) is 26.2 Å². The van der Waals surface area contributed by atoms with E-state index in [0.29, 0.717) is 6.29 Å². The molecule has 0 amide bonds. The molecule has 0 heterocycles. The minimum Gasteiger partial charge on any atom is -0.481 e. The van der Waals surface area contributed by atoms with E-state index in [0.717, 1.165) is 0 Å². The number of rotatable bonds is 5. The highest BCUT2D eigenvalue weighted by Crippen LogP contribution is 2.33. The smallest absolute Gasteiger partial charge is 0.303 e. The van der Waals surface area contributed by atoms with E-state index in [2.05, 4.69) is 0 Å². The molecule has 0 bridgehead atoms. The molecule has 0 saturated heterocycles. The third-order valence-corrected chi connectivity index (χ3v) is 2.85. The fourth-order valence-corrected chi connectivity index (χ4v) is 2.11. The van der Waals surface area contributed by atoms with E-state index in [1.807, 2.05) is 0 Å². The van der Waals surface area contributed by atoms with E-state index in [9.17, 15) is 19.2 Å². The molecule has 1 N–H and O–H groups in total. The summed E-state index contributed by atoms with van der Waals surface area (Å²) in [6.45, 7) is 1.21. The lowest BCUT2D eigenvalue weighted by Gasteiger charge is -2.17. The fourth-order valence-electron chi connectivity index (χ4n) is 2.11. The lowest BCUT2D eigenvalue weighted by Crippen LogP contribution is -2.26. The third kappa shape index (κ3) is 3.37. The molecule has 0 spiro atoms. The van der Waals surface area contributed by atoms with Gasteiger partial charge in [0.05, 0.1) is 5.92 Å². The van der Waals surface area contributed by atoms with Crippen molar-refractivity contribution in [3.05, 3.63) is 0 Å². The summed E-state index contributed by atoms with van der Waals surface area (Å²) in [6.07, 6.45) is -0.238. The summed E-state index contributed by atoms with van der Waals surface area (Å²) in [4.78, 5) is 43.7. The Morgan fingerprint density at radius 1 is 1.53 bits per heavy atom. The first-order valence-corrected chi connectivity index (χ1v) is 5.32. The van der Waals surface area contributed by atoms with Crippen molar-refractivity contribution < 1.29 is 29.0 Å². The number of ether oxygens (including phenoxy) is 1. The highest BCUT2D eigenvalue weighted by Gasteiger charge is 2.44. The van der Waals surface area contributed by atoms with Gasteiger partial charge in [0.2, 0.25) is 0 Å². The predicted molar refractivity (Wildman–Crippen MR) is 55.1 cm³/mol. The van der Waals surface area contributed by atoms with E-state index in [1.54, 1.807) is 0 Å². The highest BCUT2D eigenvalue weighted by molar-refractivity contribution is 5.89. The zero-order chi connectivity index (χ0) is 13.0.